The van der Waals surface area contributed by atoms with Gasteiger partial charge in [0.15, 0.2) is 0 Å². The molecule has 21 heavy (non-hydrogen) atoms. The van der Waals surface area contributed by atoms with Crippen molar-refractivity contribution in [3.05, 3.63) is 78.4 Å². The fraction of sp³-hybridized carbons (Fsp3) is 0.300. The van der Waals surface area contributed by atoms with E-state index in [2.05, 4.69) is 50.8 Å². The summed E-state index contributed by atoms with van der Waals surface area (Å²) in [6.45, 7) is 9.08. The van der Waals surface area contributed by atoms with Crippen molar-refractivity contribution >= 4 is 0 Å². The fourth-order valence-corrected chi connectivity index (χ4v) is 2.50. The minimum Gasteiger partial charge on any atom is -0.489 e. The zero-order chi connectivity index (χ0) is 15.1. The minimum absolute atomic E-state index is 0.385. The number of rotatable bonds is 7. The lowest BCUT2D eigenvalue weighted by Gasteiger charge is -2.20. The summed E-state index contributed by atoms with van der Waals surface area (Å²) in [5.74, 6) is 1.90. The summed E-state index contributed by atoms with van der Waals surface area (Å²) in [6, 6.07) is 18.6. The first-order chi connectivity index (χ1) is 10.2. The van der Waals surface area contributed by atoms with Crippen LogP contribution in [-0.4, -0.2) is 0 Å². The zero-order valence-electron chi connectivity index (χ0n) is 13.0. The summed E-state index contributed by atoms with van der Waals surface area (Å²) in [4.78, 5) is 0. The van der Waals surface area contributed by atoms with E-state index in [9.17, 15) is 0 Å². The molecule has 0 saturated heterocycles. The maximum atomic E-state index is 5.91. The lowest BCUT2D eigenvalue weighted by molar-refractivity contribution is 0.305. The van der Waals surface area contributed by atoms with Crippen molar-refractivity contribution in [1.82, 2.24) is 0 Å². The molecule has 2 aromatic rings. The molecule has 0 fully saturated rings. The Balaban J connectivity index is 2.08. The van der Waals surface area contributed by atoms with Crippen molar-refractivity contribution in [2.75, 3.05) is 0 Å². The molecule has 0 saturated carbocycles. The van der Waals surface area contributed by atoms with Gasteiger partial charge in [0.2, 0.25) is 0 Å². The molecule has 0 aliphatic rings. The Bertz CT molecular complexity index is 559. The van der Waals surface area contributed by atoms with Gasteiger partial charge in [0.1, 0.15) is 12.4 Å². The number of hydrogen-bond donors (Lipinski definition) is 0. The third-order valence-electron chi connectivity index (χ3n) is 4.00. The van der Waals surface area contributed by atoms with E-state index in [1.54, 1.807) is 0 Å². The van der Waals surface area contributed by atoms with Gasteiger partial charge < -0.3 is 4.74 Å². The summed E-state index contributed by atoms with van der Waals surface area (Å²) < 4.78 is 5.91. The molecule has 0 aliphatic heterocycles. The lowest BCUT2D eigenvalue weighted by Crippen LogP contribution is -2.06. The van der Waals surface area contributed by atoms with Crippen molar-refractivity contribution in [1.29, 1.82) is 0 Å². The van der Waals surface area contributed by atoms with Crippen LogP contribution in [0.25, 0.3) is 0 Å². The SMILES string of the molecule is C=C[C@@H](c1cccc(OCc2ccccc2)c1)[C@@H](C)CC. The molecule has 2 atom stereocenters. The second kappa shape index (κ2) is 7.68. The molecule has 110 valence electrons. The molecule has 0 unspecified atom stereocenters. The van der Waals surface area contributed by atoms with E-state index in [0.717, 1.165) is 12.2 Å². The van der Waals surface area contributed by atoms with Gasteiger partial charge in [-0.25, -0.2) is 0 Å². The van der Waals surface area contributed by atoms with E-state index in [-0.39, 0.29) is 0 Å². The zero-order valence-corrected chi connectivity index (χ0v) is 13.0. The lowest BCUT2D eigenvalue weighted by atomic mass is 9.86. The molecule has 0 radical (unpaired) electrons. The third-order valence-corrected chi connectivity index (χ3v) is 4.00. The van der Waals surface area contributed by atoms with E-state index in [1.807, 2.05) is 30.3 Å². The average molecular weight is 280 g/mol. The summed E-state index contributed by atoms with van der Waals surface area (Å²) >= 11 is 0. The molecule has 0 aliphatic carbocycles. The quantitative estimate of drug-likeness (QED) is 0.601. The molecule has 1 heteroatoms. The summed E-state index contributed by atoms with van der Waals surface area (Å²) in [7, 11) is 0. The maximum Gasteiger partial charge on any atom is 0.120 e. The van der Waals surface area contributed by atoms with Crippen molar-refractivity contribution in [3.8, 4) is 5.75 Å². The predicted octanol–water partition coefficient (Wildman–Crippen LogP) is 5.58. The summed E-state index contributed by atoms with van der Waals surface area (Å²) in [5, 5.41) is 0. The second-order valence-corrected chi connectivity index (χ2v) is 5.49. The largest absolute Gasteiger partial charge is 0.489 e. The summed E-state index contributed by atoms with van der Waals surface area (Å²) in [5.41, 5.74) is 2.47. The molecule has 0 bridgehead atoms. The Morgan fingerprint density at radius 3 is 2.52 bits per heavy atom. The van der Waals surface area contributed by atoms with Crippen LogP contribution in [0.15, 0.2) is 67.3 Å². The van der Waals surface area contributed by atoms with Crippen LogP contribution in [0.2, 0.25) is 0 Å². The second-order valence-electron chi connectivity index (χ2n) is 5.49. The van der Waals surface area contributed by atoms with Gasteiger partial charge in [-0.1, -0.05) is 68.8 Å². The molecular weight excluding hydrogens is 256 g/mol. The average Bonchev–Trinajstić information content (AvgIpc) is 2.55. The van der Waals surface area contributed by atoms with Crippen LogP contribution >= 0.6 is 0 Å². The first-order valence-electron chi connectivity index (χ1n) is 7.63. The van der Waals surface area contributed by atoms with Crippen LogP contribution in [0.4, 0.5) is 0 Å². The van der Waals surface area contributed by atoms with Gasteiger partial charge >= 0.3 is 0 Å². The Kier molecular flexibility index (Phi) is 5.62. The van der Waals surface area contributed by atoms with E-state index >= 15 is 0 Å². The third kappa shape index (κ3) is 4.22. The van der Waals surface area contributed by atoms with E-state index in [4.69, 9.17) is 4.74 Å². The normalized spacial score (nSPS) is 13.4. The molecule has 0 spiro atoms. The highest BCUT2D eigenvalue weighted by atomic mass is 16.5. The standard InChI is InChI=1S/C20H24O/c1-4-16(3)20(5-2)18-12-9-13-19(14-18)21-15-17-10-7-6-8-11-17/h5-14,16,20H,2,4,15H2,1,3H3/t16-,20+/m0/s1. The Morgan fingerprint density at radius 1 is 1.10 bits per heavy atom. The molecule has 0 aromatic heterocycles. The van der Waals surface area contributed by atoms with E-state index in [1.165, 1.54) is 11.1 Å². The Morgan fingerprint density at radius 2 is 1.86 bits per heavy atom. The highest BCUT2D eigenvalue weighted by Gasteiger charge is 2.14. The van der Waals surface area contributed by atoms with Crippen molar-refractivity contribution in [2.24, 2.45) is 5.92 Å². The van der Waals surface area contributed by atoms with E-state index < -0.39 is 0 Å². The smallest absolute Gasteiger partial charge is 0.120 e. The highest BCUT2D eigenvalue weighted by Crippen LogP contribution is 2.30. The highest BCUT2D eigenvalue weighted by molar-refractivity contribution is 5.33. The van der Waals surface area contributed by atoms with Crippen LogP contribution in [0.5, 0.6) is 5.75 Å². The molecular formula is C20H24O. The van der Waals surface area contributed by atoms with Crippen LogP contribution < -0.4 is 4.74 Å². The van der Waals surface area contributed by atoms with Crippen LogP contribution in [0.1, 0.15) is 37.3 Å². The van der Waals surface area contributed by atoms with Crippen molar-refractivity contribution < 1.29 is 4.74 Å². The predicted molar refractivity (Wildman–Crippen MR) is 89.6 cm³/mol. The van der Waals surface area contributed by atoms with Crippen LogP contribution in [0.3, 0.4) is 0 Å². The van der Waals surface area contributed by atoms with Gasteiger partial charge in [0, 0.05) is 5.92 Å². The van der Waals surface area contributed by atoms with Crippen molar-refractivity contribution in [2.45, 2.75) is 32.8 Å². The van der Waals surface area contributed by atoms with Gasteiger partial charge in [-0.05, 0) is 29.2 Å². The topological polar surface area (TPSA) is 9.23 Å². The Hall–Kier alpha value is -2.02. The molecule has 1 nitrogen and oxygen atoms in total. The first-order valence-corrected chi connectivity index (χ1v) is 7.63. The summed E-state index contributed by atoms with van der Waals surface area (Å²) in [6.07, 6.45) is 3.19. The maximum absolute atomic E-state index is 5.91. The number of ether oxygens (including phenoxy) is 1. The molecule has 0 N–H and O–H groups in total. The van der Waals surface area contributed by atoms with Crippen molar-refractivity contribution in [3.63, 3.8) is 0 Å². The number of benzene rings is 2. The van der Waals surface area contributed by atoms with E-state index in [0.29, 0.717) is 18.4 Å². The molecule has 2 rings (SSSR count). The Labute approximate surface area is 128 Å². The first kappa shape index (κ1) is 15.4. The van der Waals surface area contributed by atoms with Gasteiger partial charge in [-0.2, -0.15) is 0 Å². The van der Waals surface area contributed by atoms with Gasteiger partial charge in [-0.3, -0.25) is 0 Å². The molecule has 0 heterocycles. The molecule has 2 aromatic carbocycles. The van der Waals surface area contributed by atoms with Gasteiger partial charge in [0.25, 0.3) is 0 Å². The molecule has 0 amide bonds. The minimum atomic E-state index is 0.385. The monoisotopic (exact) mass is 280 g/mol. The van der Waals surface area contributed by atoms with Gasteiger partial charge in [0.05, 0.1) is 0 Å². The van der Waals surface area contributed by atoms with Gasteiger partial charge in [-0.15, -0.1) is 6.58 Å². The van der Waals surface area contributed by atoms with Crippen LogP contribution in [-0.2, 0) is 6.61 Å². The number of allylic oxidation sites excluding steroid dienone is 1. The number of hydrogen-bond acceptors (Lipinski definition) is 1. The van der Waals surface area contributed by atoms with Crippen LogP contribution in [0, 0.1) is 5.92 Å². The fourth-order valence-electron chi connectivity index (χ4n) is 2.50.